The van der Waals surface area contributed by atoms with Gasteiger partial charge in [0.05, 0.1) is 6.07 Å². The van der Waals surface area contributed by atoms with Crippen LogP contribution in [0.5, 0.6) is 11.5 Å². The standard InChI is InChI=1S/C12H11NO5/c1-8-10(14)3-2-4-11(8)17-7-9-5-6-12(18-9)13(15)16/h2-6,14H,7H2,1H3. The zero-order valence-corrected chi connectivity index (χ0v) is 9.62. The molecule has 6 nitrogen and oxygen atoms in total. The highest BCUT2D eigenvalue weighted by Crippen LogP contribution is 2.27. The summed E-state index contributed by atoms with van der Waals surface area (Å²) in [4.78, 5) is 9.82. The number of nitrogens with zero attached hydrogens (tertiary/aromatic N) is 1. The fourth-order valence-corrected chi connectivity index (χ4v) is 1.45. The van der Waals surface area contributed by atoms with Gasteiger partial charge in [-0.2, -0.15) is 0 Å². The number of benzene rings is 1. The van der Waals surface area contributed by atoms with E-state index in [-0.39, 0.29) is 18.2 Å². The van der Waals surface area contributed by atoms with Gasteiger partial charge in [0, 0.05) is 5.56 Å². The van der Waals surface area contributed by atoms with Crippen LogP contribution in [0.2, 0.25) is 0 Å². The van der Waals surface area contributed by atoms with Crippen molar-refractivity contribution in [3.63, 3.8) is 0 Å². The normalized spacial score (nSPS) is 10.3. The molecule has 1 aromatic heterocycles. The van der Waals surface area contributed by atoms with Crippen LogP contribution in [0, 0.1) is 17.0 Å². The summed E-state index contributed by atoms with van der Waals surface area (Å²) < 4.78 is 10.4. The third-order valence-corrected chi connectivity index (χ3v) is 2.45. The van der Waals surface area contributed by atoms with Gasteiger partial charge in [0.2, 0.25) is 0 Å². The number of hydrogen-bond donors (Lipinski definition) is 1. The number of phenolic OH excluding ortho intramolecular Hbond substituents is 1. The summed E-state index contributed by atoms with van der Waals surface area (Å²) in [6.07, 6.45) is 0. The van der Waals surface area contributed by atoms with Gasteiger partial charge in [-0.1, -0.05) is 6.07 Å². The first-order valence-corrected chi connectivity index (χ1v) is 5.22. The highest BCUT2D eigenvalue weighted by Gasteiger charge is 2.12. The van der Waals surface area contributed by atoms with Crippen molar-refractivity contribution in [3.05, 3.63) is 51.8 Å². The average Bonchev–Trinajstić information content (AvgIpc) is 2.80. The first-order valence-electron chi connectivity index (χ1n) is 5.22. The molecule has 0 aliphatic rings. The molecule has 1 aromatic carbocycles. The first-order chi connectivity index (χ1) is 8.58. The molecule has 0 amide bonds. The molecule has 1 heterocycles. The molecule has 18 heavy (non-hydrogen) atoms. The van der Waals surface area contributed by atoms with Gasteiger partial charge in [-0.3, -0.25) is 10.1 Å². The molecule has 0 saturated heterocycles. The smallest absolute Gasteiger partial charge is 0.433 e. The van der Waals surface area contributed by atoms with Crippen LogP contribution >= 0.6 is 0 Å². The maximum atomic E-state index is 10.4. The van der Waals surface area contributed by atoms with E-state index in [4.69, 9.17) is 9.15 Å². The molecule has 0 saturated carbocycles. The Morgan fingerprint density at radius 2 is 2.17 bits per heavy atom. The van der Waals surface area contributed by atoms with Crippen LogP contribution in [-0.2, 0) is 6.61 Å². The van der Waals surface area contributed by atoms with Gasteiger partial charge in [-0.25, -0.2) is 0 Å². The van der Waals surface area contributed by atoms with E-state index in [0.717, 1.165) is 0 Å². The van der Waals surface area contributed by atoms with Crippen molar-refractivity contribution in [2.24, 2.45) is 0 Å². The number of rotatable bonds is 4. The predicted octanol–water partition coefficient (Wildman–Crippen LogP) is 2.78. The first kappa shape index (κ1) is 12.0. The number of hydrogen-bond acceptors (Lipinski definition) is 5. The Hall–Kier alpha value is -2.50. The van der Waals surface area contributed by atoms with Crippen LogP contribution in [0.1, 0.15) is 11.3 Å². The molecule has 1 N–H and O–H groups in total. The van der Waals surface area contributed by atoms with Gasteiger partial charge in [0.15, 0.2) is 0 Å². The highest BCUT2D eigenvalue weighted by atomic mass is 16.6. The molecule has 6 heteroatoms. The van der Waals surface area contributed by atoms with Gasteiger partial charge in [-0.15, -0.1) is 0 Å². The Kier molecular flexibility index (Phi) is 3.18. The molecule has 0 fully saturated rings. The summed E-state index contributed by atoms with van der Waals surface area (Å²) in [6, 6.07) is 7.67. The van der Waals surface area contributed by atoms with Crippen LogP contribution in [-0.4, -0.2) is 10.0 Å². The minimum atomic E-state index is -0.608. The Morgan fingerprint density at radius 1 is 1.39 bits per heavy atom. The second-order valence-electron chi connectivity index (χ2n) is 3.69. The number of ether oxygens (including phenoxy) is 1. The number of aromatic hydroxyl groups is 1. The molecule has 0 aliphatic carbocycles. The second kappa shape index (κ2) is 4.79. The van der Waals surface area contributed by atoms with Gasteiger partial charge >= 0.3 is 5.88 Å². The lowest BCUT2D eigenvalue weighted by Gasteiger charge is -2.08. The largest absolute Gasteiger partial charge is 0.508 e. The van der Waals surface area contributed by atoms with Gasteiger partial charge in [0.25, 0.3) is 0 Å². The molecule has 0 radical (unpaired) electrons. The Labute approximate surface area is 103 Å². The van der Waals surface area contributed by atoms with Gasteiger partial charge in [0.1, 0.15) is 28.8 Å². The summed E-state index contributed by atoms with van der Waals surface area (Å²) >= 11 is 0. The fourth-order valence-electron chi connectivity index (χ4n) is 1.45. The lowest BCUT2D eigenvalue weighted by molar-refractivity contribution is -0.402. The van der Waals surface area contributed by atoms with Crippen molar-refractivity contribution in [2.75, 3.05) is 0 Å². The molecular formula is C12H11NO5. The molecule has 0 aliphatic heterocycles. The summed E-state index contributed by atoms with van der Waals surface area (Å²) in [7, 11) is 0. The lowest BCUT2D eigenvalue weighted by Crippen LogP contribution is -1.95. The van der Waals surface area contributed by atoms with Gasteiger partial charge < -0.3 is 14.3 Å². The number of furan rings is 1. The van der Waals surface area contributed by atoms with E-state index in [1.165, 1.54) is 12.1 Å². The zero-order valence-electron chi connectivity index (χ0n) is 9.62. The van der Waals surface area contributed by atoms with E-state index in [1.807, 2.05) is 0 Å². The zero-order chi connectivity index (χ0) is 13.1. The molecule has 0 bridgehead atoms. The van der Waals surface area contributed by atoms with Crippen LogP contribution in [0.4, 0.5) is 5.88 Å². The van der Waals surface area contributed by atoms with E-state index in [2.05, 4.69) is 0 Å². The monoisotopic (exact) mass is 249 g/mol. The highest BCUT2D eigenvalue weighted by molar-refractivity contribution is 5.42. The van der Waals surface area contributed by atoms with Crippen molar-refractivity contribution >= 4 is 5.88 Å². The number of nitro groups is 1. The molecule has 0 atom stereocenters. The Morgan fingerprint density at radius 3 is 2.83 bits per heavy atom. The molecule has 0 spiro atoms. The summed E-state index contributed by atoms with van der Waals surface area (Å²) in [5.74, 6) is 0.678. The van der Waals surface area contributed by atoms with Gasteiger partial charge in [-0.05, 0) is 25.1 Å². The van der Waals surface area contributed by atoms with Crippen molar-refractivity contribution in [3.8, 4) is 11.5 Å². The minimum absolute atomic E-state index is 0.0676. The Balaban J connectivity index is 2.07. The number of phenols is 1. The Bertz CT molecular complexity index is 576. The van der Waals surface area contributed by atoms with Crippen molar-refractivity contribution in [2.45, 2.75) is 13.5 Å². The molecule has 94 valence electrons. The second-order valence-corrected chi connectivity index (χ2v) is 3.69. The summed E-state index contributed by atoms with van der Waals surface area (Å²) in [5.41, 5.74) is 0.610. The van der Waals surface area contributed by atoms with E-state index >= 15 is 0 Å². The molecule has 2 rings (SSSR count). The van der Waals surface area contributed by atoms with E-state index < -0.39 is 4.92 Å². The van der Waals surface area contributed by atoms with Crippen LogP contribution in [0.3, 0.4) is 0 Å². The quantitative estimate of drug-likeness (QED) is 0.665. The van der Waals surface area contributed by atoms with E-state index in [9.17, 15) is 15.2 Å². The maximum Gasteiger partial charge on any atom is 0.433 e. The maximum absolute atomic E-state index is 10.4. The SMILES string of the molecule is Cc1c(O)cccc1OCc1ccc([N+](=O)[O-])o1. The summed E-state index contributed by atoms with van der Waals surface area (Å²) in [5, 5.41) is 19.9. The summed E-state index contributed by atoms with van der Waals surface area (Å²) in [6.45, 7) is 1.79. The fraction of sp³-hybridized carbons (Fsp3) is 0.167. The lowest BCUT2D eigenvalue weighted by atomic mass is 10.2. The van der Waals surface area contributed by atoms with Crippen LogP contribution < -0.4 is 4.74 Å². The third-order valence-electron chi connectivity index (χ3n) is 2.45. The van der Waals surface area contributed by atoms with Crippen LogP contribution in [0.15, 0.2) is 34.7 Å². The topological polar surface area (TPSA) is 85.7 Å². The third kappa shape index (κ3) is 2.42. The predicted molar refractivity (Wildman–Crippen MR) is 62.5 cm³/mol. The van der Waals surface area contributed by atoms with Crippen molar-refractivity contribution < 1.29 is 19.2 Å². The molecule has 0 unspecified atom stereocenters. The van der Waals surface area contributed by atoms with Crippen molar-refractivity contribution in [1.29, 1.82) is 0 Å². The molecule has 2 aromatic rings. The van der Waals surface area contributed by atoms with Crippen molar-refractivity contribution in [1.82, 2.24) is 0 Å². The van der Waals surface area contributed by atoms with E-state index in [1.54, 1.807) is 25.1 Å². The van der Waals surface area contributed by atoms with E-state index in [0.29, 0.717) is 17.1 Å². The molecular weight excluding hydrogens is 238 g/mol. The average molecular weight is 249 g/mol. The van der Waals surface area contributed by atoms with Crippen LogP contribution in [0.25, 0.3) is 0 Å². The minimum Gasteiger partial charge on any atom is -0.508 e.